The van der Waals surface area contributed by atoms with E-state index in [0.29, 0.717) is 6.54 Å². The van der Waals surface area contributed by atoms with E-state index in [1.54, 1.807) is 0 Å². The Balaban J connectivity index is 1.91. The van der Waals surface area contributed by atoms with Gasteiger partial charge in [-0.05, 0) is 18.6 Å². The number of aromatic nitrogens is 1. The molecule has 0 saturated heterocycles. The topological polar surface area (TPSA) is 51.2 Å². The summed E-state index contributed by atoms with van der Waals surface area (Å²) in [5.74, 6) is -1.86. The third kappa shape index (κ3) is 3.57. The standard InChI is InChI=1S/C19H16F2N2O2/c1-11-4-3-5-12(6-11)10-22-19(24)16-9-17(25-2)14-7-13(20)8-15(21)18(14)23-16/h3-9H,10H2,1-2H3,(H,22,24). The van der Waals surface area contributed by atoms with Crippen LogP contribution < -0.4 is 10.1 Å². The van der Waals surface area contributed by atoms with Crippen molar-refractivity contribution in [2.24, 2.45) is 0 Å². The molecule has 0 aliphatic rings. The number of hydrogen-bond acceptors (Lipinski definition) is 3. The number of halogens is 2. The molecule has 1 amide bonds. The lowest BCUT2D eigenvalue weighted by molar-refractivity contribution is 0.0946. The van der Waals surface area contributed by atoms with E-state index in [1.807, 2.05) is 31.2 Å². The Morgan fingerprint density at radius 2 is 2.00 bits per heavy atom. The van der Waals surface area contributed by atoms with Gasteiger partial charge in [-0.2, -0.15) is 0 Å². The van der Waals surface area contributed by atoms with Gasteiger partial charge >= 0.3 is 0 Å². The summed E-state index contributed by atoms with van der Waals surface area (Å²) in [6.45, 7) is 2.28. The van der Waals surface area contributed by atoms with Crippen LogP contribution in [0.1, 0.15) is 21.6 Å². The zero-order valence-corrected chi connectivity index (χ0v) is 13.8. The molecule has 0 unspecified atom stereocenters. The highest BCUT2D eigenvalue weighted by molar-refractivity contribution is 5.97. The van der Waals surface area contributed by atoms with E-state index in [4.69, 9.17) is 4.74 Å². The molecule has 0 atom stereocenters. The number of rotatable bonds is 4. The lowest BCUT2D eigenvalue weighted by Crippen LogP contribution is -2.24. The number of amides is 1. The van der Waals surface area contributed by atoms with Crippen LogP contribution in [0.2, 0.25) is 0 Å². The molecule has 0 bridgehead atoms. The minimum Gasteiger partial charge on any atom is -0.496 e. The molecule has 0 fully saturated rings. The van der Waals surface area contributed by atoms with Crippen LogP contribution in [-0.4, -0.2) is 18.0 Å². The molecule has 1 aromatic heterocycles. The maximum absolute atomic E-state index is 14.0. The van der Waals surface area contributed by atoms with E-state index in [0.717, 1.165) is 23.3 Å². The first-order chi connectivity index (χ1) is 12.0. The first-order valence-corrected chi connectivity index (χ1v) is 7.65. The van der Waals surface area contributed by atoms with Crippen LogP contribution in [0.15, 0.2) is 42.5 Å². The van der Waals surface area contributed by atoms with Gasteiger partial charge in [0.15, 0.2) is 5.82 Å². The van der Waals surface area contributed by atoms with Gasteiger partial charge in [0.05, 0.1) is 7.11 Å². The lowest BCUT2D eigenvalue weighted by Gasteiger charge is -2.10. The molecule has 4 nitrogen and oxygen atoms in total. The average molecular weight is 342 g/mol. The highest BCUT2D eigenvalue weighted by Crippen LogP contribution is 2.28. The molecule has 6 heteroatoms. The molecule has 3 rings (SSSR count). The highest BCUT2D eigenvalue weighted by Gasteiger charge is 2.16. The van der Waals surface area contributed by atoms with Gasteiger partial charge in [0.2, 0.25) is 0 Å². The molecule has 128 valence electrons. The Bertz CT molecular complexity index is 958. The average Bonchev–Trinajstić information content (AvgIpc) is 2.59. The number of ether oxygens (including phenoxy) is 1. The number of pyridine rings is 1. The van der Waals surface area contributed by atoms with Crippen LogP contribution in [0, 0.1) is 18.6 Å². The molecule has 25 heavy (non-hydrogen) atoms. The van der Waals surface area contributed by atoms with Crippen molar-refractivity contribution in [1.29, 1.82) is 0 Å². The predicted octanol–water partition coefficient (Wildman–Crippen LogP) is 3.76. The summed E-state index contributed by atoms with van der Waals surface area (Å²) in [5.41, 5.74) is 1.92. The minimum atomic E-state index is -0.846. The van der Waals surface area contributed by atoms with Crippen molar-refractivity contribution in [3.63, 3.8) is 0 Å². The third-order valence-electron chi connectivity index (χ3n) is 3.78. The number of nitrogens with one attached hydrogen (secondary N) is 1. The van der Waals surface area contributed by atoms with Gasteiger partial charge < -0.3 is 10.1 Å². The second kappa shape index (κ2) is 6.84. The van der Waals surface area contributed by atoms with Crippen LogP contribution in [0.4, 0.5) is 8.78 Å². The van der Waals surface area contributed by atoms with E-state index in [2.05, 4.69) is 10.3 Å². The van der Waals surface area contributed by atoms with Crippen molar-refractivity contribution in [2.75, 3.05) is 7.11 Å². The smallest absolute Gasteiger partial charge is 0.270 e. The quantitative estimate of drug-likeness (QED) is 0.785. The predicted molar refractivity (Wildman–Crippen MR) is 90.6 cm³/mol. The molecule has 0 saturated carbocycles. The van der Waals surface area contributed by atoms with E-state index in [9.17, 15) is 13.6 Å². The summed E-state index contributed by atoms with van der Waals surface area (Å²) < 4.78 is 32.6. The molecule has 1 heterocycles. The second-order valence-electron chi connectivity index (χ2n) is 5.67. The number of methoxy groups -OCH3 is 1. The molecule has 0 aliphatic heterocycles. The van der Waals surface area contributed by atoms with Crippen molar-refractivity contribution in [3.05, 3.63) is 70.9 Å². The van der Waals surface area contributed by atoms with Gasteiger partial charge in [-0.1, -0.05) is 29.8 Å². The Kier molecular flexibility index (Phi) is 4.61. The second-order valence-corrected chi connectivity index (χ2v) is 5.67. The molecule has 0 aliphatic carbocycles. The molecule has 2 aromatic carbocycles. The Morgan fingerprint density at radius 1 is 1.20 bits per heavy atom. The van der Waals surface area contributed by atoms with Crippen molar-refractivity contribution in [2.45, 2.75) is 13.5 Å². The van der Waals surface area contributed by atoms with Crippen molar-refractivity contribution >= 4 is 16.8 Å². The molecular weight excluding hydrogens is 326 g/mol. The Morgan fingerprint density at radius 3 is 2.72 bits per heavy atom. The van der Waals surface area contributed by atoms with Gasteiger partial charge in [0.1, 0.15) is 22.8 Å². The number of carbonyl (C=O) groups is 1. The first kappa shape index (κ1) is 16.8. The van der Waals surface area contributed by atoms with Crippen LogP contribution in [0.3, 0.4) is 0 Å². The zero-order chi connectivity index (χ0) is 18.0. The Hall–Kier alpha value is -3.02. The van der Waals surface area contributed by atoms with Crippen LogP contribution in [0.25, 0.3) is 10.9 Å². The summed E-state index contributed by atoms with van der Waals surface area (Å²) in [6, 6.07) is 10.9. The van der Waals surface area contributed by atoms with Gasteiger partial charge in [0.25, 0.3) is 5.91 Å². The van der Waals surface area contributed by atoms with E-state index < -0.39 is 17.5 Å². The largest absolute Gasteiger partial charge is 0.496 e. The van der Waals surface area contributed by atoms with Crippen molar-refractivity contribution in [3.8, 4) is 5.75 Å². The Labute approximate surface area is 143 Å². The minimum absolute atomic E-state index is 0.00233. The van der Waals surface area contributed by atoms with Crippen molar-refractivity contribution < 1.29 is 18.3 Å². The number of fused-ring (bicyclic) bond motifs is 1. The fraction of sp³-hybridized carbons (Fsp3) is 0.158. The molecule has 1 N–H and O–H groups in total. The van der Waals surface area contributed by atoms with Gasteiger partial charge in [0, 0.05) is 24.1 Å². The fourth-order valence-electron chi connectivity index (χ4n) is 2.60. The first-order valence-electron chi connectivity index (χ1n) is 7.65. The maximum Gasteiger partial charge on any atom is 0.270 e. The number of carbonyl (C=O) groups excluding carboxylic acids is 1. The fourth-order valence-corrected chi connectivity index (χ4v) is 2.60. The zero-order valence-electron chi connectivity index (χ0n) is 13.8. The summed E-state index contributed by atoms with van der Waals surface area (Å²) in [7, 11) is 1.37. The van der Waals surface area contributed by atoms with E-state index in [1.165, 1.54) is 13.2 Å². The molecule has 0 spiro atoms. The SMILES string of the molecule is COc1cc(C(=O)NCc2cccc(C)c2)nc2c(F)cc(F)cc12. The monoisotopic (exact) mass is 342 g/mol. The number of hydrogen-bond donors (Lipinski definition) is 1. The summed E-state index contributed by atoms with van der Waals surface area (Å²) in [4.78, 5) is 16.4. The van der Waals surface area contributed by atoms with Crippen LogP contribution in [-0.2, 0) is 6.54 Å². The summed E-state index contributed by atoms with van der Waals surface area (Å²) in [6.07, 6.45) is 0. The number of nitrogens with zero attached hydrogens (tertiary/aromatic N) is 1. The number of aryl methyl sites for hydroxylation is 1. The molecule has 0 radical (unpaired) electrons. The van der Waals surface area contributed by atoms with Gasteiger partial charge in [-0.3, -0.25) is 4.79 Å². The van der Waals surface area contributed by atoms with Gasteiger partial charge in [-0.25, -0.2) is 13.8 Å². The third-order valence-corrected chi connectivity index (χ3v) is 3.78. The van der Waals surface area contributed by atoms with E-state index in [-0.39, 0.29) is 22.3 Å². The summed E-state index contributed by atoms with van der Waals surface area (Å²) in [5, 5.41) is 2.91. The normalized spacial score (nSPS) is 10.7. The van der Waals surface area contributed by atoms with E-state index >= 15 is 0 Å². The van der Waals surface area contributed by atoms with Crippen LogP contribution >= 0.6 is 0 Å². The van der Waals surface area contributed by atoms with Crippen molar-refractivity contribution in [1.82, 2.24) is 10.3 Å². The number of benzene rings is 2. The maximum atomic E-state index is 14.0. The van der Waals surface area contributed by atoms with Crippen LogP contribution in [0.5, 0.6) is 5.75 Å². The lowest BCUT2D eigenvalue weighted by atomic mass is 10.1. The summed E-state index contributed by atoms with van der Waals surface area (Å²) >= 11 is 0. The van der Waals surface area contributed by atoms with Gasteiger partial charge in [-0.15, -0.1) is 0 Å². The highest BCUT2D eigenvalue weighted by atomic mass is 19.1. The molecular formula is C19H16F2N2O2. The molecule has 3 aromatic rings.